The largest absolute Gasteiger partial charge is 0.198 e. The Hall–Kier alpha value is -0.520. The topological polar surface area (TPSA) is 23.8 Å². The van der Waals surface area contributed by atoms with Crippen molar-refractivity contribution in [1.29, 1.82) is 5.26 Å². The summed E-state index contributed by atoms with van der Waals surface area (Å²) in [4.78, 5) is 0. The molecular formula is C18H23BrClN. The van der Waals surface area contributed by atoms with Gasteiger partial charge in [-0.25, -0.2) is 0 Å². The van der Waals surface area contributed by atoms with Crippen molar-refractivity contribution in [3.63, 3.8) is 0 Å². The lowest BCUT2D eigenvalue weighted by Crippen LogP contribution is -2.33. The smallest absolute Gasteiger partial charge is 0.0693 e. The lowest BCUT2D eigenvalue weighted by Gasteiger charge is -2.40. The minimum atomic E-state index is -0.237. The van der Waals surface area contributed by atoms with Crippen LogP contribution in [0.15, 0.2) is 22.7 Å². The van der Waals surface area contributed by atoms with Crippen molar-refractivity contribution < 1.29 is 0 Å². The van der Waals surface area contributed by atoms with E-state index in [0.717, 1.165) is 53.1 Å². The summed E-state index contributed by atoms with van der Waals surface area (Å²) in [5.41, 5.74) is 1.20. The molecule has 1 nitrogen and oxygen atoms in total. The Morgan fingerprint density at radius 1 is 1.33 bits per heavy atom. The molecule has 1 fully saturated rings. The molecule has 1 aliphatic carbocycles. The summed E-state index contributed by atoms with van der Waals surface area (Å²) >= 11 is 9.76. The Kier molecular flexibility index (Phi) is 5.06. The lowest BCUT2D eigenvalue weighted by atomic mass is 9.63. The number of hydrogen-bond acceptors (Lipinski definition) is 1. The van der Waals surface area contributed by atoms with E-state index in [1.807, 2.05) is 18.2 Å². The normalized spacial score (nSPS) is 26.4. The molecule has 1 aliphatic rings. The van der Waals surface area contributed by atoms with Crippen LogP contribution in [0.2, 0.25) is 5.02 Å². The predicted molar refractivity (Wildman–Crippen MR) is 92.3 cm³/mol. The number of hydrogen-bond donors (Lipinski definition) is 0. The zero-order valence-electron chi connectivity index (χ0n) is 13.0. The molecular weight excluding hydrogens is 346 g/mol. The molecule has 114 valence electrons. The van der Waals surface area contributed by atoms with E-state index in [1.165, 1.54) is 0 Å². The zero-order valence-corrected chi connectivity index (χ0v) is 15.4. The zero-order chi connectivity index (χ0) is 15.7. The predicted octanol–water partition coefficient (Wildman–Crippen LogP) is 6.39. The monoisotopic (exact) mass is 367 g/mol. The summed E-state index contributed by atoms with van der Waals surface area (Å²) < 4.78 is 0.985. The third kappa shape index (κ3) is 4.02. The van der Waals surface area contributed by atoms with Gasteiger partial charge in [-0.1, -0.05) is 54.4 Å². The van der Waals surface area contributed by atoms with Crippen molar-refractivity contribution in [3.05, 3.63) is 33.3 Å². The highest BCUT2D eigenvalue weighted by molar-refractivity contribution is 9.10. The van der Waals surface area contributed by atoms with E-state index in [2.05, 4.69) is 42.8 Å². The van der Waals surface area contributed by atoms with Crippen LogP contribution in [0.5, 0.6) is 0 Å². The van der Waals surface area contributed by atoms with Crippen LogP contribution in [0.3, 0.4) is 0 Å². The molecule has 0 N–H and O–H groups in total. The lowest BCUT2D eigenvalue weighted by molar-refractivity contribution is 0.120. The van der Waals surface area contributed by atoms with Gasteiger partial charge in [0.25, 0.3) is 0 Å². The standard InChI is InChI=1S/C18H23BrClN/c1-17(2,3)14-6-8-18(12-21,9-7-14)11-13-4-5-15(19)10-16(13)20/h4-5,10,14H,6-9,11H2,1-3H3. The van der Waals surface area contributed by atoms with Gasteiger partial charge in [-0.05, 0) is 61.1 Å². The highest BCUT2D eigenvalue weighted by Crippen LogP contribution is 2.47. The fourth-order valence-corrected chi connectivity index (χ4v) is 4.13. The first-order chi connectivity index (χ1) is 9.76. The van der Waals surface area contributed by atoms with Gasteiger partial charge in [-0.15, -0.1) is 0 Å². The van der Waals surface area contributed by atoms with E-state index in [9.17, 15) is 5.26 Å². The van der Waals surface area contributed by atoms with E-state index in [-0.39, 0.29) is 5.41 Å². The van der Waals surface area contributed by atoms with Gasteiger partial charge < -0.3 is 0 Å². The number of benzene rings is 1. The summed E-state index contributed by atoms with van der Waals surface area (Å²) in [6.07, 6.45) is 5.03. The summed E-state index contributed by atoms with van der Waals surface area (Å²) in [6, 6.07) is 8.58. The maximum absolute atomic E-state index is 9.74. The molecule has 0 spiro atoms. The molecule has 21 heavy (non-hydrogen) atoms. The third-order valence-corrected chi connectivity index (χ3v) is 5.79. The van der Waals surface area contributed by atoms with Gasteiger partial charge in [-0.2, -0.15) is 5.26 Å². The first-order valence-corrected chi connectivity index (χ1v) is 8.78. The second-order valence-corrected chi connectivity index (χ2v) is 8.77. The number of nitrogens with zero attached hydrogens (tertiary/aromatic N) is 1. The Morgan fingerprint density at radius 2 is 1.95 bits per heavy atom. The maximum atomic E-state index is 9.74. The molecule has 1 aromatic rings. The van der Waals surface area contributed by atoms with E-state index < -0.39 is 0 Å². The van der Waals surface area contributed by atoms with Crippen molar-refractivity contribution >= 4 is 27.5 Å². The summed E-state index contributed by atoms with van der Waals surface area (Å²) in [7, 11) is 0. The quantitative estimate of drug-likeness (QED) is 0.593. The molecule has 0 aromatic heterocycles. The second-order valence-electron chi connectivity index (χ2n) is 7.44. The van der Waals surface area contributed by atoms with Gasteiger partial charge in [0.1, 0.15) is 0 Å². The second kappa shape index (κ2) is 6.31. The van der Waals surface area contributed by atoms with Crippen LogP contribution in [-0.2, 0) is 6.42 Å². The highest BCUT2D eigenvalue weighted by Gasteiger charge is 2.39. The van der Waals surface area contributed by atoms with Gasteiger partial charge in [-0.3, -0.25) is 0 Å². The van der Waals surface area contributed by atoms with E-state index in [4.69, 9.17) is 11.6 Å². The molecule has 0 unspecified atom stereocenters. The van der Waals surface area contributed by atoms with Crippen LogP contribution in [0, 0.1) is 28.1 Å². The van der Waals surface area contributed by atoms with Crippen molar-refractivity contribution in [3.8, 4) is 6.07 Å². The fourth-order valence-electron chi connectivity index (χ4n) is 3.39. The molecule has 1 aromatic carbocycles. The minimum absolute atomic E-state index is 0.237. The van der Waals surface area contributed by atoms with Gasteiger partial charge in [0.2, 0.25) is 0 Å². The SMILES string of the molecule is CC(C)(C)C1CCC(C#N)(Cc2ccc(Br)cc2Cl)CC1. The molecule has 3 heteroatoms. The van der Waals surface area contributed by atoms with Crippen LogP contribution in [0.25, 0.3) is 0 Å². The number of halogens is 2. The molecule has 0 aliphatic heterocycles. The van der Waals surface area contributed by atoms with E-state index in [1.54, 1.807) is 0 Å². The Morgan fingerprint density at radius 3 is 2.43 bits per heavy atom. The fraction of sp³-hybridized carbons (Fsp3) is 0.611. The average Bonchev–Trinajstić information content (AvgIpc) is 2.41. The van der Waals surface area contributed by atoms with Crippen LogP contribution in [0.1, 0.15) is 52.0 Å². The van der Waals surface area contributed by atoms with Crippen LogP contribution < -0.4 is 0 Å². The van der Waals surface area contributed by atoms with E-state index >= 15 is 0 Å². The summed E-state index contributed by atoms with van der Waals surface area (Å²) in [5, 5.41) is 10.5. The minimum Gasteiger partial charge on any atom is -0.198 e. The van der Waals surface area contributed by atoms with Crippen LogP contribution >= 0.6 is 27.5 Å². The number of rotatable bonds is 2. The molecule has 0 amide bonds. The molecule has 0 saturated heterocycles. The molecule has 0 atom stereocenters. The Bertz CT molecular complexity index is 545. The van der Waals surface area contributed by atoms with E-state index in [0.29, 0.717) is 5.41 Å². The highest BCUT2D eigenvalue weighted by atomic mass is 79.9. The molecule has 2 rings (SSSR count). The van der Waals surface area contributed by atoms with Gasteiger partial charge in [0.15, 0.2) is 0 Å². The summed E-state index contributed by atoms with van der Waals surface area (Å²) in [6.45, 7) is 6.92. The molecule has 0 heterocycles. The number of nitriles is 1. The Labute approximate surface area is 141 Å². The van der Waals surface area contributed by atoms with Gasteiger partial charge in [0.05, 0.1) is 11.5 Å². The first-order valence-electron chi connectivity index (χ1n) is 7.61. The van der Waals surface area contributed by atoms with Crippen LogP contribution in [0.4, 0.5) is 0 Å². The molecule has 0 radical (unpaired) electrons. The Balaban J connectivity index is 2.12. The maximum Gasteiger partial charge on any atom is 0.0693 e. The summed E-state index contributed by atoms with van der Waals surface area (Å²) in [5.74, 6) is 0.722. The van der Waals surface area contributed by atoms with Crippen molar-refractivity contribution in [2.75, 3.05) is 0 Å². The molecule has 0 bridgehead atoms. The van der Waals surface area contributed by atoms with Gasteiger partial charge in [0, 0.05) is 9.50 Å². The van der Waals surface area contributed by atoms with Crippen molar-refractivity contribution in [2.24, 2.45) is 16.7 Å². The van der Waals surface area contributed by atoms with Crippen LogP contribution in [-0.4, -0.2) is 0 Å². The van der Waals surface area contributed by atoms with Crippen molar-refractivity contribution in [2.45, 2.75) is 52.9 Å². The van der Waals surface area contributed by atoms with Gasteiger partial charge >= 0.3 is 0 Å². The third-order valence-electron chi connectivity index (χ3n) is 4.95. The average molecular weight is 369 g/mol. The molecule has 1 saturated carbocycles. The van der Waals surface area contributed by atoms with Crippen molar-refractivity contribution in [1.82, 2.24) is 0 Å². The first kappa shape index (κ1) is 16.8.